The molecule has 0 bridgehead atoms. The number of benzene rings is 1. The Bertz CT molecular complexity index is 935. The lowest BCUT2D eigenvalue weighted by atomic mass is 9.55. The molecular weight excluding hydrogens is 418 g/mol. The van der Waals surface area contributed by atoms with Crippen LogP contribution in [0.3, 0.4) is 0 Å². The molecule has 1 aromatic rings. The Morgan fingerprint density at radius 3 is 2.58 bits per heavy atom. The van der Waals surface area contributed by atoms with Crippen LogP contribution in [0.5, 0.6) is 11.5 Å². The molecule has 0 aliphatic heterocycles. The molecule has 4 rings (SSSR count). The Balaban J connectivity index is 1.87. The van der Waals surface area contributed by atoms with E-state index in [4.69, 9.17) is 0 Å². The number of hydrogen-bond donors (Lipinski definition) is 6. The molecule has 3 aliphatic rings. The maximum atomic E-state index is 12.4. The fourth-order valence-corrected chi connectivity index (χ4v) is 7.22. The predicted octanol–water partition coefficient (Wildman–Crippen LogP) is 2.66. The summed E-state index contributed by atoms with van der Waals surface area (Å²) >= 11 is 4.22. The van der Waals surface area contributed by atoms with Gasteiger partial charge >= 0.3 is 5.97 Å². The number of carboxylic acids is 1. The van der Waals surface area contributed by atoms with E-state index in [1.165, 1.54) is 6.92 Å². The van der Waals surface area contributed by atoms with Crippen molar-refractivity contribution in [3.63, 3.8) is 0 Å². The molecule has 6 atom stereocenters. The molecule has 1 unspecified atom stereocenters. The number of nitrogens with one attached hydrogen (secondary N) is 1. The van der Waals surface area contributed by atoms with Crippen LogP contribution in [0, 0.1) is 17.3 Å². The van der Waals surface area contributed by atoms with Gasteiger partial charge in [0.1, 0.15) is 0 Å². The summed E-state index contributed by atoms with van der Waals surface area (Å²) in [7, 11) is 0. The topological polar surface area (TPSA) is 127 Å². The summed E-state index contributed by atoms with van der Waals surface area (Å²) in [5.74, 6) is -2.25. The zero-order chi connectivity index (χ0) is 22.7. The molecule has 0 saturated heterocycles. The number of amides is 1. The molecule has 7 nitrogen and oxygen atoms in total. The first-order valence-corrected chi connectivity index (χ1v) is 11.6. The highest BCUT2D eigenvalue weighted by atomic mass is 32.1. The number of carboxylic acid groups (broad SMARTS) is 1. The van der Waals surface area contributed by atoms with E-state index in [1.54, 1.807) is 6.07 Å². The van der Waals surface area contributed by atoms with Crippen molar-refractivity contribution in [2.45, 2.75) is 69.9 Å². The number of hydrogen-bond acceptors (Lipinski definition) is 6. The van der Waals surface area contributed by atoms with Crippen LogP contribution in [-0.2, 0) is 21.5 Å². The lowest BCUT2D eigenvalue weighted by Crippen LogP contribution is -2.54. The molecule has 2 fully saturated rings. The molecular formula is C23H31NO6S. The van der Waals surface area contributed by atoms with Crippen molar-refractivity contribution >= 4 is 24.5 Å². The van der Waals surface area contributed by atoms with Crippen LogP contribution in [0.4, 0.5) is 0 Å². The number of thiol groups is 1. The fourth-order valence-electron chi connectivity index (χ4n) is 6.85. The number of aliphatic hydroxyl groups is 1. The zero-order valence-electron chi connectivity index (χ0n) is 17.9. The van der Waals surface area contributed by atoms with E-state index in [-0.39, 0.29) is 34.5 Å². The van der Waals surface area contributed by atoms with Crippen LogP contribution in [0.15, 0.2) is 6.07 Å². The second-order valence-corrected chi connectivity index (χ2v) is 10.1. The third kappa shape index (κ3) is 3.13. The first-order valence-electron chi connectivity index (χ1n) is 11.0. The second kappa shape index (κ2) is 7.59. The summed E-state index contributed by atoms with van der Waals surface area (Å²) in [6.07, 6.45) is 4.49. The zero-order valence-corrected chi connectivity index (χ0v) is 18.8. The van der Waals surface area contributed by atoms with Crippen molar-refractivity contribution in [3.8, 4) is 11.5 Å². The minimum atomic E-state index is -1.94. The van der Waals surface area contributed by atoms with Gasteiger partial charge in [0.25, 0.3) is 0 Å². The Kier molecular flexibility index (Phi) is 5.45. The maximum Gasteiger partial charge on any atom is 0.335 e. The predicted molar refractivity (Wildman–Crippen MR) is 117 cm³/mol. The molecule has 2 saturated carbocycles. The Hall–Kier alpha value is -1.93. The van der Waals surface area contributed by atoms with Crippen molar-refractivity contribution < 1.29 is 30.0 Å². The van der Waals surface area contributed by atoms with Gasteiger partial charge in [0.2, 0.25) is 5.91 Å². The normalized spacial score (nSPS) is 33.5. The molecule has 0 heterocycles. The van der Waals surface area contributed by atoms with Gasteiger partial charge in [0.05, 0.1) is 6.10 Å². The third-order valence-corrected chi connectivity index (χ3v) is 8.83. The van der Waals surface area contributed by atoms with Gasteiger partial charge in [-0.2, -0.15) is 12.6 Å². The SMILES string of the molecule is CC(=O)NC(CS)(C(=O)O)c1c(O)c(O)cc2c1CC[C@@H]1[C@@H]2CC[C@]2(C)[C@@H](O)CC[C@@H]12. The molecule has 3 aliphatic carbocycles. The molecule has 1 aromatic carbocycles. The number of fused-ring (bicyclic) bond motifs is 5. The Morgan fingerprint density at radius 1 is 1.26 bits per heavy atom. The van der Waals surface area contributed by atoms with Crippen molar-refractivity contribution in [2.75, 3.05) is 5.75 Å². The maximum absolute atomic E-state index is 12.4. The molecule has 5 N–H and O–H groups in total. The van der Waals surface area contributed by atoms with Crippen LogP contribution in [0.25, 0.3) is 0 Å². The molecule has 1 amide bonds. The smallest absolute Gasteiger partial charge is 0.335 e. The summed E-state index contributed by atoms with van der Waals surface area (Å²) in [5.41, 5.74) is -0.473. The monoisotopic (exact) mass is 449 g/mol. The number of phenols is 2. The summed E-state index contributed by atoms with van der Waals surface area (Å²) in [6.45, 7) is 3.39. The summed E-state index contributed by atoms with van der Waals surface area (Å²) in [4.78, 5) is 24.3. The van der Waals surface area contributed by atoms with Gasteiger partial charge in [-0.25, -0.2) is 4.79 Å². The van der Waals surface area contributed by atoms with Gasteiger partial charge in [0.15, 0.2) is 17.0 Å². The standard InChI is InChI=1S/C23H31NO6S/c1-11(25)24-23(10-31,21(29)30)19-14-4-3-13-12(15(14)9-17(26)20(19)28)7-8-22(2)16(13)5-6-18(22)27/h9,12-13,16,18,26-28,31H,3-8,10H2,1-2H3,(H,24,25)(H,29,30)/t12-,13+,16-,18-,22-,23?/m0/s1. The molecule has 8 heteroatoms. The fraction of sp³-hybridized carbons (Fsp3) is 0.652. The number of aliphatic hydroxyl groups excluding tert-OH is 1. The first kappa shape index (κ1) is 22.3. The number of carbonyl (C=O) groups is 2. The van der Waals surface area contributed by atoms with E-state index in [0.717, 1.165) is 37.7 Å². The molecule has 31 heavy (non-hydrogen) atoms. The van der Waals surface area contributed by atoms with Crippen molar-refractivity contribution in [2.24, 2.45) is 17.3 Å². The first-order chi connectivity index (χ1) is 14.6. The highest BCUT2D eigenvalue weighted by molar-refractivity contribution is 7.80. The van der Waals surface area contributed by atoms with Crippen molar-refractivity contribution in [1.29, 1.82) is 0 Å². The molecule has 0 radical (unpaired) electrons. The van der Waals surface area contributed by atoms with Gasteiger partial charge in [-0.3, -0.25) is 4.79 Å². The van der Waals surface area contributed by atoms with E-state index in [1.807, 2.05) is 0 Å². The molecule has 0 aromatic heterocycles. The Morgan fingerprint density at radius 2 is 1.97 bits per heavy atom. The lowest BCUT2D eigenvalue weighted by molar-refractivity contribution is -0.146. The highest BCUT2D eigenvalue weighted by Crippen LogP contribution is 2.62. The lowest BCUT2D eigenvalue weighted by Gasteiger charge is -2.50. The van der Waals surface area contributed by atoms with Gasteiger partial charge < -0.3 is 25.7 Å². The van der Waals surface area contributed by atoms with E-state index < -0.39 is 23.2 Å². The molecule has 0 spiro atoms. The number of phenolic OH excluding ortho intramolecular Hbond substituents is 2. The largest absolute Gasteiger partial charge is 0.504 e. The number of aromatic hydroxyl groups is 2. The minimum absolute atomic E-state index is 0.0402. The summed E-state index contributed by atoms with van der Waals surface area (Å²) in [5, 5.41) is 44.5. The van der Waals surface area contributed by atoms with Crippen LogP contribution in [-0.4, -0.2) is 44.2 Å². The summed E-state index contributed by atoms with van der Waals surface area (Å²) in [6, 6.07) is 1.57. The summed E-state index contributed by atoms with van der Waals surface area (Å²) < 4.78 is 0. The third-order valence-electron chi connectivity index (χ3n) is 8.35. The van der Waals surface area contributed by atoms with Gasteiger partial charge in [0, 0.05) is 18.2 Å². The van der Waals surface area contributed by atoms with E-state index in [2.05, 4.69) is 24.9 Å². The second-order valence-electron chi connectivity index (χ2n) is 9.79. The van der Waals surface area contributed by atoms with E-state index >= 15 is 0 Å². The number of aliphatic carboxylic acids is 1. The Labute approximate surface area is 187 Å². The average Bonchev–Trinajstić information content (AvgIpc) is 3.02. The van der Waals surface area contributed by atoms with Crippen LogP contribution >= 0.6 is 12.6 Å². The van der Waals surface area contributed by atoms with Crippen molar-refractivity contribution in [3.05, 3.63) is 22.8 Å². The van der Waals surface area contributed by atoms with Crippen LogP contribution in [0.1, 0.15) is 68.6 Å². The van der Waals surface area contributed by atoms with Gasteiger partial charge in [-0.15, -0.1) is 0 Å². The van der Waals surface area contributed by atoms with Crippen molar-refractivity contribution in [1.82, 2.24) is 5.32 Å². The highest BCUT2D eigenvalue weighted by Gasteiger charge is 2.55. The average molecular weight is 450 g/mol. The minimum Gasteiger partial charge on any atom is -0.504 e. The quantitative estimate of drug-likeness (QED) is 0.310. The van der Waals surface area contributed by atoms with Crippen LogP contribution < -0.4 is 5.32 Å². The van der Waals surface area contributed by atoms with Crippen LogP contribution in [0.2, 0.25) is 0 Å². The van der Waals surface area contributed by atoms with Gasteiger partial charge in [-0.05, 0) is 78.9 Å². The van der Waals surface area contributed by atoms with E-state index in [0.29, 0.717) is 23.8 Å². The number of carbonyl (C=O) groups excluding carboxylic acids is 1. The van der Waals surface area contributed by atoms with E-state index in [9.17, 15) is 30.0 Å². The molecule has 170 valence electrons. The van der Waals surface area contributed by atoms with Gasteiger partial charge in [-0.1, -0.05) is 6.92 Å². The number of rotatable bonds is 4.